The first-order chi connectivity index (χ1) is 17.1. The summed E-state index contributed by atoms with van der Waals surface area (Å²) in [7, 11) is -14.5. The van der Waals surface area contributed by atoms with Crippen molar-refractivity contribution in [3.63, 3.8) is 0 Å². The van der Waals surface area contributed by atoms with E-state index in [0.29, 0.717) is 0 Å². The molecule has 0 aromatic rings. The maximum absolute atomic E-state index is 14.1. The van der Waals surface area contributed by atoms with Crippen LogP contribution in [0.1, 0.15) is 25.7 Å². The molecule has 0 amide bonds. The van der Waals surface area contributed by atoms with Crippen LogP contribution in [-0.4, -0.2) is 72.7 Å². The van der Waals surface area contributed by atoms with Crippen LogP contribution >= 0.6 is 0 Å². The first-order valence-electron chi connectivity index (χ1n) is 9.49. The fraction of sp³-hybridized carbons (Fsp3) is 1.00. The number of hydrogen-bond acceptors (Lipinski definition) is 6. The van der Waals surface area contributed by atoms with Gasteiger partial charge in [0.1, 0.15) is 0 Å². The number of rotatable bonds is 12. The third kappa shape index (κ3) is 6.19. The normalized spacial score (nSPS) is 21.9. The zero-order valence-electron chi connectivity index (χ0n) is 18.2. The van der Waals surface area contributed by atoms with Gasteiger partial charge in [-0.15, -0.1) is 0 Å². The standard InChI is InChI=1S/C14H12F16O8S2/c15-7(16,9(19,20)37-11(23,24)13(27,28)39(31,32)33)5-1-2-6(4-3-5)8(17,18)10(21,22)38-12(25,26)14(29,30)40(34,35)36/h5-6H,1-4H2,(H,31,32,33)(H,34,35,36). The van der Waals surface area contributed by atoms with E-state index in [1.165, 1.54) is 0 Å². The van der Waals surface area contributed by atoms with E-state index in [0.717, 1.165) is 0 Å². The van der Waals surface area contributed by atoms with Crippen LogP contribution in [0.15, 0.2) is 0 Å². The summed E-state index contributed by atoms with van der Waals surface area (Å²) in [6, 6.07) is 0. The lowest BCUT2D eigenvalue weighted by Crippen LogP contribution is -2.59. The summed E-state index contributed by atoms with van der Waals surface area (Å²) in [6.07, 6.45) is -35.1. The molecule has 1 rings (SSSR count). The van der Waals surface area contributed by atoms with Gasteiger partial charge in [-0.2, -0.15) is 87.1 Å². The van der Waals surface area contributed by atoms with Crippen molar-refractivity contribution >= 4 is 20.2 Å². The SMILES string of the molecule is O=S(=O)(O)C(F)(F)C(F)(F)OC(F)(F)C(F)(F)C1CCC(C(F)(F)C(F)(F)OC(F)(F)C(F)(F)S(=O)(=O)O)CC1. The Labute approximate surface area is 211 Å². The largest absolute Gasteiger partial charge is 0.460 e. The van der Waals surface area contributed by atoms with Crippen LogP contribution < -0.4 is 0 Å². The van der Waals surface area contributed by atoms with Gasteiger partial charge in [-0.25, -0.2) is 9.47 Å². The zero-order valence-corrected chi connectivity index (χ0v) is 19.8. The van der Waals surface area contributed by atoms with E-state index >= 15 is 0 Å². The van der Waals surface area contributed by atoms with E-state index in [1.54, 1.807) is 0 Å². The summed E-state index contributed by atoms with van der Waals surface area (Å²) in [4.78, 5) is 0. The molecular weight excluding hydrogens is 664 g/mol. The van der Waals surface area contributed by atoms with Gasteiger partial charge in [0, 0.05) is 11.8 Å². The second kappa shape index (κ2) is 10.1. The number of alkyl halides is 16. The number of ether oxygens (including phenoxy) is 2. The van der Waals surface area contributed by atoms with E-state index in [4.69, 9.17) is 9.11 Å². The third-order valence-corrected chi connectivity index (χ3v) is 7.14. The smallest absolute Gasteiger partial charge is 0.281 e. The first-order valence-corrected chi connectivity index (χ1v) is 12.4. The van der Waals surface area contributed by atoms with Gasteiger partial charge in [0.15, 0.2) is 0 Å². The van der Waals surface area contributed by atoms with Gasteiger partial charge < -0.3 is 0 Å². The van der Waals surface area contributed by atoms with E-state index < -0.39 is 105 Å². The van der Waals surface area contributed by atoms with Crippen molar-refractivity contribution in [1.82, 2.24) is 0 Å². The zero-order chi connectivity index (χ0) is 32.4. The van der Waals surface area contributed by atoms with Crippen molar-refractivity contribution < 1.29 is 106 Å². The second-order valence-electron chi connectivity index (χ2n) is 8.05. The molecule has 0 bridgehead atoms. The Bertz CT molecular complexity index is 1060. The van der Waals surface area contributed by atoms with Gasteiger partial charge in [0.2, 0.25) is 0 Å². The van der Waals surface area contributed by atoms with Crippen LogP contribution in [0.5, 0.6) is 0 Å². The molecule has 1 saturated carbocycles. The predicted octanol–water partition coefficient (Wildman–Crippen LogP) is 5.43. The Kier molecular flexibility index (Phi) is 9.27. The van der Waals surface area contributed by atoms with Crippen molar-refractivity contribution in [2.45, 2.75) is 72.5 Å². The molecule has 2 N–H and O–H groups in total. The van der Waals surface area contributed by atoms with Crippen molar-refractivity contribution in [1.29, 1.82) is 0 Å². The molecular formula is C14H12F16O8S2. The maximum atomic E-state index is 14.1. The lowest BCUT2D eigenvalue weighted by atomic mass is 9.76. The molecule has 1 aliphatic carbocycles. The molecule has 0 unspecified atom stereocenters. The summed E-state index contributed by atoms with van der Waals surface area (Å²) >= 11 is 0. The van der Waals surface area contributed by atoms with Crippen molar-refractivity contribution in [2.75, 3.05) is 0 Å². The van der Waals surface area contributed by atoms with Gasteiger partial charge in [0.05, 0.1) is 0 Å². The van der Waals surface area contributed by atoms with Crippen LogP contribution in [-0.2, 0) is 29.7 Å². The first kappa shape index (κ1) is 36.6. The predicted molar refractivity (Wildman–Crippen MR) is 90.3 cm³/mol. The molecule has 1 aliphatic rings. The van der Waals surface area contributed by atoms with Crippen LogP contribution in [0.2, 0.25) is 0 Å². The van der Waals surface area contributed by atoms with Gasteiger partial charge in [-0.05, 0) is 25.7 Å². The van der Waals surface area contributed by atoms with E-state index in [-0.39, 0.29) is 0 Å². The van der Waals surface area contributed by atoms with Crippen LogP contribution in [0.25, 0.3) is 0 Å². The highest BCUT2D eigenvalue weighted by molar-refractivity contribution is 7.87. The molecule has 8 nitrogen and oxygen atoms in total. The van der Waals surface area contributed by atoms with Crippen LogP contribution in [0, 0.1) is 11.8 Å². The lowest BCUT2D eigenvalue weighted by Gasteiger charge is -2.41. The molecule has 40 heavy (non-hydrogen) atoms. The Morgan fingerprint density at radius 3 is 0.825 bits per heavy atom. The van der Waals surface area contributed by atoms with Crippen LogP contribution in [0.3, 0.4) is 0 Å². The quantitative estimate of drug-likeness (QED) is 0.207. The minimum Gasteiger partial charge on any atom is -0.281 e. The summed E-state index contributed by atoms with van der Waals surface area (Å²) in [5.41, 5.74) is 0. The minimum atomic E-state index is -7.27. The molecule has 0 radical (unpaired) electrons. The maximum Gasteiger partial charge on any atom is 0.460 e. The molecule has 0 aromatic carbocycles. The van der Waals surface area contributed by atoms with Gasteiger partial charge >= 0.3 is 67.0 Å². The number of hydrogen-bond donors (Lipinski definition) is 2. The van der Waals surface area contributed by atoms with E-state index in [1.807, 2.05) is 9.47 Å². The molecule has 0 aliphatic heterocycles. The van der Waals surface area contributed by atoms with Crippen LogP contribution in [0.4, 0.5) is 70.2 Å². The average Bonchev–Trinajstić information content (AvgIpc) is 2.70. The average molecular weight is 676 g/mol. The Hall–Kier alpha value is -1.38. The van der Waals surface area contributed by atoms with Crippen molar-refractivity contribution in [3.8, 4) is 0 Å². The van der Waals surface area contributed by atoms with Gasteiger partial charge in [-0.3, -0.25) is 9.11 Å². The second-order valence-corrected chi connectivity index (χ2v) is 11.0. The fourth-order valence-electron chi connectivity index (χ4n) is 3.17. The molecule has 26 heteroatoms. The molecule has 0 aromatic heterocycles. The monoisotopic (exact) mass is 676 g/mol. The van der Waals surface area contributed by atoms with E-state index in [9.17, 15) is 87.1 Å². The molecule has 0 spiro atoms. The van der Waals surface area contributed by atoms with Crippen molar-refractivity contribution in [2.24, 2.45) is 11.8 Å². The minimum absolute atomic E-state index is 1.86. The van der Waals surface area contributed by atoms with Gasteiger partial charge in [0.25, 0.3) is 0 Å². The highest BCUT2D eigenvalue weighted by Crippen LogP contribution is 2.56. The molecule has 0 heterocycles. The topological polar surface area (TPSA) is 127 Å². The molecule has 0 saturated heterocycles. The highest BCUT2D eigenvalue weighted by Gasteiger charge is 2.77. The highest BCUT2D eigenvalue weighted by atomic mass is 32.2. The molecule has 1 fully saturated rings. The van der Waals surface area contributed by atoms with Gasteiger partial charge in [-0.1, -0.05) is 0 Å². The summed E-state index contributed by atoms with van der Waals surface area (Å²) < 4.78 is 278. The van der Waals surface area contributed by atoms with E-state index in [2.05, 4.69) is 0 Å². The Morgan fingerprint density at radius 1 is 0.450 bits per heavy atom. The third-order valence-electron chi connectivity index (χ3n) is 5.37. The Morgan fingerprint density at radius 2 is 0.650 bits per heavy atom. The summed E-state index contributed by atoms with van der Waals surface area (Å²) in [6.45, 7) is 0. The molecule has 0 atom stereocenters. The Balaban J connectivity index is 3.15. The summed E-state index contributed by atoms with van der Waals surface area (Å²) in [5.74, 6) is -18.6. The lowest BCUT2D eigenvalue weighted by molar-refractivity contribution is -0.467. The van der Waals surface area contributed by atoms with Crippen molar-refractivity contribution in [3.05, 3.63) is 0 Å². The molecule has 240 valence electrons. The fourth-order valence-corrected chi connectivity index (χ4v) is 3.85. The summed E-state index contributed by atoms with van der Waals surface area (Å²) in [5, 5.41) is -13.9. The number of halogens is 16.